The highest BCUT2D eigenvalue weighted by Crippen LogP contribution is 2.52. The van der Waals surface area contributed by atoms with Crippen LogP contribution in [0.1, 0.15) is 128 Å². The van der Waals surface area contributed by atoms with E-state index < -0.39 is 151 Å². The number of methoxy groups -OCH3 is 2. The van der Waals surface area contributed by atoms with Crippen molar-refractivity contribution in [1.82, 2.24) is 10.8 Å². The third-order valence-corrected chi connectivity index (χ3v) is 12.4. The van der Waals surface area contributed by atoms with Crippen LogP contribution in [0.4, 0.5) is 0 Å². The second-order valence-corrected chi connectivity index (χ2v) is 17.5. The van der Waals surface area contributed by atoms with Gasteiger partial charge in [-0.15, -0.1) is 5.48 Å². The molecular formula is C49H66N2O22. The summed E-state index contributed by atoms with van der Waals surface area (Å²) >= 11 is 0. The molecule has 0 bridgehead atoms. The van der Waals surface area contributed by atoms with Crippen molar-refractivity contribution >= 4 is 41.2 Å². The number of fused-ring (bicyclic) bond motifs is 3. The number of ether oxygens (including phenoxy) is 9. The summed E-state index contributed by atoms with van der Waals surface area (Å²) in [5.74, 6) is -7.61. The minimum Gasteiger partial charge on any atom is -0.507 e. The number of amides is 1. The fraction of sp³-hybridized carbons (Fsp3) is 0.612. The van der Waals surface area contributed by atoms with Crippen LogP contribution in [-0.2, 0) is 73.1 Å². The van der Waals surface area contributed by atoms with Crippen molar-refractivity contribution in [2.45, 2.75) is 140 Å². The number of carbonyl (C=O) groups excluding carboxylic acids is 7. The van der Waals surface area contributed by atoms with Gasteiger partial charge in [-0.3, -0.25) is 28.8 Å². The van der Waals surface area contributed by atoms with Crippen molar-refractivity contribution in [3.63, 3.8) is 0 Å². The van der Waals surface area contributed by atoms with Crippen molar-refractivity contribution in [3.8, 4) is 17.2 Å². The molecule has 24 nitrogen and oxygen atoms in total. The second kappa shape index (κ2) is 27.0. The van der Waals surface area contributed by atoms with Crippen LogP contribution in [-0.4, -0.2) is 169 Å². The molecule has 2 aromatic carbocycles. The Labute approximate surface area is 420 Å². The highest BCUT2D eigenvalue weighted by atomic mass is 16.7. The third-order valence-electron chi connectivity index (χ3n) is 12.4. The molecule has 2 aromatic rings. The number of benzene rings is 2. The van der Waals surface area contributed by atoms with Gasteiger partial charge in [-0.25, -0.2) is 4.79 Å². The quantitative estimate of drug-likeness (QED) is 0.0135. The van der Waals surface area contributed by atoms with Gasteiger partial charge in [-0.2, -0.15) is 0 Å². The zero-order valence-corrected chi connectivity index (χ0v) is 41.6. The predicted molar refractivity (Wildman–Crippen MR) is 248 cm³/mol. The summed E-state index contributed by atoms with van der Waals surface area (Å²) in [7, 11) is 2.77. The van der Waals surface area contributed by atoms with Crippen LogP contribution in [0.3, 0.4) is 0 Å². The molecule has 0 spiro atoms. The summed E-state index contributed by atoms with van der Waals surface area (Å²) in [5.41, 5.74) is -2.01. The first-order chi connectivity index (χ1) is 34.8. The Balaban J connectivity index is 1.22. The lowest BCUT2D eigenvalue weighted by atomic mass is 9.72. The van der Waals surface area contributed by atoms with Gasteiger partial charge in [0.2, 0.25) is 11.7 Å². The second-order valence-electron chi connectivity index (χ2n) is 17.5. The van der Waals surface area contributed by atoms with Crippen molar-refractivity contribution in [2.24, 2.45) is 0 Å². The number of esters is 2. The number of hydrogen-bond donors (Lipinski definition) is 7. The summed E-state index contributed by atoms with van der Waals surface area (Å²) in [6.07, 6.45) is -8.68. The van der Waals surface area contributed by atoms with Crippen LogP contribution < -0.4 is 15.5 Å². The van der Waals surface area contributed by atoms with Crippen molar-refractivity contribution in [3.05, 3.63) is 51.6 Å². The number of Topliss-reactive ketones (excluding diaryl/α,β-unsaturated/α-hetero) is 1. The number of hydroxylamine groups is 1. The average molecular weight is 1040 g/mol. The monoisotopic (exact) mass is 1030 g/mol. The van der Waals surface area contributed by atoms with E-state index in [1.165, 1.54) is 39.3 Å². The van der Waals surface area contributed by atoms with Crippen LogP contribution in [0.2, 0.25) is 0 Å². The number of ketones is 3. The SMILES string of the molecule is CCOC(C)OCCCOC(=O)C(CCC(=O)OCCCOC(C)OC)NC(=O)CCC(=O)ONC1CC(O[C@H]2C[C@](O)(C(=O)CO)Cc3c(O)c4c(c(O)c32)C(=O)c2c(OC)cccc2C4=O)OC(C)C1O. The Morgan fingerprint density at radius 1 is 0.863 bits per heavy atom. The number of nitrogens with one attached hydrogen (secondary N) is 2. The molecule has 7 N–H and O–H groups in total. The third kappa shape index (κ3) is 14.8. The maximum Gasteiger partial charge on any atom is 0.328 e. The molecule has 404 valence electrons. The molecule has 1 aliphatic heterocycles. The van der Waals surface area contributed by atoms with Crippen molar-refractivity contribution in [2.75, 3.05) is 53.9 Å². The zero-order valence-electron chi connectivity index (χ0n) is 41.6. The van der Waals surface area contributed by atoms with Crippen LogP contribution in [0.5, 0.6) is 17.2 Å². The summed E-state index contributed by atoms with van der Waals surface area (Å²) in [6.45, 7) is 6.45. The van der Waals surface area contributed by atoms with Crippen LogP contribution >= 0.6 is 0 Å². The highest BCUT2D eigenvalue weighted by molar-refractivity contribution is 6.31. The lowest BCUT2D eigenvalue weighted by Crippen LogP contribution is -2.55. The van der Waals surface area contributed by atoms with Gasteiger partial charge in [0.25, 0.3) is 0 Å². The molecule has 0 aromatic heterocycles. The first-order valence-corrected chi connectivity index (χ1v) is 24.0. The summed E-state index contributed by atoms with van der Waals surface area (Å²) in [4.78, 5) is 97.8. The van der Waals surface area contributed by atoms with Gasteiger partial charge in [0.15, 0.2) is 30.4 Å². The molecule has 1 amide bonds. The summed E-state index contributed by atoms with van der Waals surface area (Å²) in [5, 5.41) is 58.5. The molecule has 24 heteroatoms. The largest absolute Gasteiger partial charge is 0.507 e. The van der Waals surface area contributed by atoms with Gasteiger partial charge < -0.3 is 78.3 Å². The number of aliphatic hydroxyl groups excluding tert-OH is 2. The molecule has 0 saturated carbocycles. The standard InChI is InChI=1S/C49H66N2O22/c1-7-66-27(4)68-18-10-20-70-48(62)30(13-15-36(55)69-19-9-17-67-26(3)64-5)50-35(54)14-16-37(56)73-51-31-21-38(71-25(2)43(31)57)72-33-23-49(63,34(53)24-52)22-29-40(33)47(61)42-41(45(29)59)44(58)28-11-8-12-32(65-6)39(28)46(42)60/h8,11-12,25-27,30-31,33,38,43,51-52,57,59,61,63H,7,9-10,13-24H2,1-6H3,(H,50,54)/t25?,26?,27?,30?,31?,33-,38?,43?,49-/m0/s1. The molecule has 0 radical (unpaired) electrons. The molecule has 73 heavy (non-hydrogen) atoms. The molecule has 1 saturated heterocycles. The number of phenolic OH excluding ortho intramolecular Hbond substituents is 2. The van der Waals surface area contributed by atoms with E-state index in [9.17, 15) is 59.1 Å². The Morgan fingerprint density at radius 3 is 2.22 bits per heavy atom. The maximum absolute atomic E-state index is 14.0. The Morgan fingerprint density at radius 2 is 1.55 bits per heavy atom. The fourth-order valence-corrected chi connectivity index (χ4v) is 8.52. The molecule has 9 atom stereocenters. The predicted octanol–water partition coefficient (Wildman–Crippen LogP) is 1.41. The summed E-state index contributed by atoms with van der Waals surface area (Å²) in [6, 6.07) is 1.80. The lowest BCUT2D eigenvalue weighted by Gasteiger charge is -2.42. The maximum atomic E-state index is 14.0. The Bertz CT molecular complexity index is 2310. The minimum absolute atomic E-state index is 0.0194. The number of rotatable bonds is 28. The fourth-order valence-electron chi connectivity index (χ4n) is 8.52. The Hall–Kier alpha value is -5.67. The van der Waals surface area contributed by atoms with E-state index in [1.54, 1.807) is 13.8 Å². The smallest absolute Gasteiger partial charge is 0.328 e. The molecule has 1 heterocycles. The number of aromatic hydroxyl groups is 2. The van der Waals surface area contributed by atoms with Crippen molar-refractivity contribution < 1.29 is 107 Å². The lowest BCUT2D eigenvalue weighted by molar-refractivity contribution is -0.256. The van der Waals surface area contributed by atoms with E-state index in [0.717, 1.165) is 0 Å². The molecular weight excluding hydrogens is 969 g/mol. The van der Waals surface area contributed by atoms with Crippen molar-refractivity contribution in [1.29, 1.82) is 0 Å². The average Bonchev–Trinajstić information content (AvgIpc) is 3.36. The molecule has 1 fully saturated rings. The van der Waals surface area contributed by atoms with E-state index in [-0.39, 0.29) is 73.7 Å². The number of aliphatic hydroxyl groups is 3. The van der Waals surface area contributed by atoms with Gasteiger partial charge >= 0.3 is 17.9 Å². The number of carbonyl (C=O) groups is 7. The number of phenols is 2. The normalized spacial score (nSPS) is 22.5. The zero-order chi connectivity index (χ0) is 53.6. The molecule has 2 aliphatic carbocycles. The van der Waals surface area contributed by atoms with Gasteiger partial charge in [-0.1, -0.05) is 12.1 Å². The van der Waals surface area contributed by atoms with Gasteiger partial charge in [0.1, 0.15) is 35.5 Å². The van der Waals surface area contributed by atoms with Crippen LogP contribution in [0.25, 0.3) is 0 Å². The van der Waals surface area contributed by atoms with Gasteiger partial charge in [0.05, 0.1) is 81.0 Å². The molecule has 5 rings (SSSR count). The van der Waals surface area contributed by atoms with E-state index in [4.69, 9.17) is 47.5 Å². The minimum atomic E-state index is -2.42. The Kier molecular flexibility index (Phi) is 21.6. The first-order valence-electron chi connectivity index (χ1n) is 24.0. The van der Waals surface area contributed by atoms with E-state index >= 15 is 0 Å². The van der Waals surface area contributed by atoms with Crippen LogP contribution in [0.15, 0.2) is 18.2 Å². The number of hydrogen-bond acceptors (Lipinski definition) is 23. The topological polar surface area (TPSA) is 337 Å². The van der Waals surface area contributed by atoms with Gasteiger partial charge in [-0.05, 0) is 40.2 Å². The van der Waals surface area contributed by atoms with E-state index in [0.29, 0.717) is 19.4 Å². The molecule has 7 unspecified atom stereocenters. The molecule has 3 aliphatic rings. The first kappa shape index (κ1) is 58.2. The van der Waals surface area contributed by atoms with E-state index in [1.807, 2.05) is 6.92 Å². The van der Waals surface area contributed by atoms with Gasteiger partial charge in [0, 0.05) is 75.4 Å². The highest BCUT2D eigenvalue weighted by Gasteiger charge is 2.50. The van der Waals surface area contributed by atoms with E-state index in [2.05, 4.69) is 10.8 Å². The van der Waals surface area contributed by atoms with Crippen LogP contribution in [0, 0.1) is 0 Å². The summed E-state index contributed by atoms with van der Waals surface area (Å²) < 4.78 is 49.1.